The highest BCUT2D eigenvalue weighted by Gasteiger charge is 2.42. The average Bonchev–Trinajstić information content (AvgIpc) is 3.18. The van der Waals surface area contributed by atoms with E-state index in [-0.39, 0.29) is 29.9 Å². The minimum Gasteiger partial charge on any atom is -0.480 e. The van der Waals surface area contributed by atoms with Gasteiger partial charge in [-0.05, 0) is 31.4 Å². The molecule has 1 aromatic carbocycles. The quantitative estimate of drug-likeness (QED) is 0.817. The van der Waals surface area contributed by atoms with Crippen LogP contribution in [0.15, 0.2) is 24.3 Å². The first kappa shape index (κ1) is 16.2. The number of rotatable bonds is 5. The predicted molar refractivity (Wildman–Crippen MR) is 83.4 cm³/mol. The molecule has 0 saturated carbocycles. The molecule has 7 nitrogen and oxygen atoms in total. The van der Waals surface area contributed by atoms with Gasteiger partial charge in [-0.1, -0.05) is 12.1 Å². The molecule has 2 aliphatic rings. The van der Waals surface area contributed by atoms with E-state index >= 15 is 0 Å². The lowest BCUT2D eigenvalue weighted by Gasteiger charge is -2.23. The molecule has 7 heteroatoms. The van der Waals surface area contributed by atoms with Crippen molar-refractivity contribution in [2.45, 2.75) is 31.7 Å². The molecule has 3 rings (SSSR count). The Morgan fingerprint density at radius 3 is 2.08 bits per heavy atom. The molecule has 1 unspecified atom stereocenters. The van der Waals surface area contributed by atoms with Crippen LogP contribution in [0.1, 0.15) is 46.4 Å². The number of carbonyl (C=O) groups is 4. The number of nitrogens with zero attached hydrogens (tertiary/aromatic N) is 2. The second-order valence-electron chi connectivity index (χ2n) is 6.01. The number of benzene rings is 1. The Kier molecular flexibility index (Phi) is 4.33. The molecule has 1 atom stereocenters. The Balaban J connectivity index is 1.75. The first-order chi connectivity index (χ1) is 11.5. The highest BCUT2D eigenvalue weighted by Crippen LogP contribution is 2.26. The number of hydrogen-bond donors (Lipinski definition) is 1. The van der Waals surface area contributed by atoms with Crippen LogP contribution in [0.25, 0.3) is 0 Å². The van der Waals surface area contributed by atoms with Gasteiger partial charge in [0.05, 0.1) is 11.1 Å². The van der Waals surface area contributed by atoms with E-state index in [4.69, 9.17) is 0 Å². The van der Waals surface area contributed by atoms with Gasteiger partial charge in [0.15, 0.2) is 0 Å². The molecule has 1 fully saturated rings. The molecule has 0 aromatic heterocycles. The number of aliphatic carboxylic acids is 1. The Hall–Kier alpha value is -2.70. The van der Waals surface area contributed by atoms with Crippen LogP contribution in [0.2, 0.25) is 0 Å². The van der Waals surface area contributed by atoms with Gasteiger partial charge in [0.2, 0.25) is 5.91 Å². The van der Waals surface area contributed by atoms with Crippen molar-refractivity contribution in [1.29, 1.82) is 0 Å². The molecule has 3 amide bonds. The van der Waals surface area contributed by atoms with E-state index in [0.29, 0.717) is 13.1 Å². The lowest BCUT2D eigenvalue weighted by molar-refractivity contribution is -0.142. The maximum absolute atomic E-state index is 12.4. The molecule has 0 aliphatic carbocycles. The minimum atomic E-state index is -1.33. The van der Waals surface area contributed by atoms with Crippen molar-refractivity contribution in [2.24, 2.45) is 0 Å². The fourth-order valence-electron chi connectivity index (χ4n) is 3.24. The van der Waals surface area contributed by atoms with E-state index in [2.05, 4.69) is 0 Å². The number of likely N-dealkylation sites (tertiary alicyclic amines) is 1. The zero-order chi connectivity index (χ0) is 17.3. The van der Waals surface area contributed by atoms with Crippen LogP contribution in [-0.4, -0.2) is 57.7 Å². The summed E-state index contributed by atoms with van der Waals surface area (Å²) >= 11 is 0. The number of amides is 3. The first-order valence-electron chi connectivity index (χ1n) is 7.98. The minimum absolute atomic E-state index is 0.00434. The van der Waals surface area contributed by atoms with E-state index < -0.39 is 23.8 Å². The number of imide groups is 1. The summed E-state index contributed by atoms with van der Waals surface area (Å²) in [6.45, 7) is 1.37. The SMILES string of the molecule is O=C(O)C(CCC(=O)N1CCCC1)N1C(=O)c2ccccc2C1=O. The highest BCUT2D eigenvalue weighted by atomic mass is 16.4. The van der Waals surface area contributed by atoms with Gasteiger partial charge in [-0.15, -0.1) is 0 Å². The topological polar surface area (TPSA) is 95.0 Å². The van der Waals surface area contributed by atoms with Gasteiger partial charge in [-0.3, -0.25) is 19.3 Å². The Morgan fingerprint density at radius 1 is 1.04 bits per heavy atom. The van der Waals surface area contributed by atoms with Crippen molar-refractivity contribution in [3.63, 3.8) is 0 Å². The standard InChI is InChI=1S/C17H18N2O5/c20-14(18-9-3-4-10-18)8-7-13(17(23)24)19-15(21)11-5-1-2-6-12(11)16(19)22/h1-2,5-6,13H,3-4,7-10H2,(H,23,24). The van der Waals surface area contributed by atoms with Crippen molar-refractivity contribution < 1.29 is 24.3 Å². The molecule has 1 saturated heterocycles. The largest absolute Gasteiger partial charge is 0.480 e. The van der Waals surface area contributed by atoms with Crippen molar-refractivity contribution in [3.8, 4) is 0 Å². The third kappa shape index (κ3) is 2.77. The van der Waals surface area contributed by atoms with Gasteiger partial charge < -0.3 is 10.0 Å². The molecular formula is C17H18N2O5. The van der Waals surface area contributed by atoms with Crippen LogP contribution in [-0.2, 0) is 9.59 Å². The fourth-order valence-corrected chi connectivity index (χ4v) is 3.24. The fraction of sp³-hybridized carbons (Fsp3) is 0.412. The third-order valence-electron chi connectivity index (χ3n) is 4.51. The summed E-state index contributed by atoms with van der Waals surface area (Å²) in [5.41, 5.74) is 0.416. The molecule has 0 radical (unpaired) electrons. The van der Waals surface area contributed by atoms with E-state index in [1.165, 1.54) is 12.1 Å². The first-order valence-corrected chi connectivity index (χ1v) is 7.98. The average molecular weight is 330 g/mol. The van der Waals surface area contributed by atoms with Crippen LogP contribution in [0.4, 0.5) is 0 Å². The molecule has 126 valence electrons. The smallest absolute Gasteiger partial charge is 0.326 e. The van der Waals surface area contributed by atoms with E-state index in [0.717, 1.165) is 17.7 Å². The lowest BCUT2D eigenvalue weighted by atomic mass is 10.1. The maximum Gasteiger partial charge on any atom is 0.326 e. The summed E-state index contributed by atoms with van der Waals surface area (Å²) in [7, 11) is 0. The van der Waals surface area contributed by atoms with Crippen molar-refractivity contribution in [1.82, 2.24) is 9.80 Å². The van der Waals surface area contributed by atoms with E-state index in [1.54, 1.807) is 17.0 Å². The molecule has 1 N–H and O–H groups in total. The summed E-state index contributed by atoms with van der Waals surface area (Å²) in [6.07, 6.45) is 1.83. The van der Waals surface area contributed by atoms with Crippen LogP contribution in [0, 0.1) is 0 Å². The summed E-state index contributed by atoms with van der Waals surface area (Å²) in [6, 6.07) is 4.93. The van der Waals surface area contributed by atoms with Gasteiger partial charge >= 0.3 is 5.97 Å². The second kappa shape index (κ2) is 6.43. The number of hydrogen-bond acceptors (Lipinski definition) is 4. The third-order valence-corrected chi connectivity index (χ3v) is 4.51. The normalized spacial score (nSPS) is 18.0. The molecule has 2 heterocycles. The van der Waals surface area contributed by atoms with Gasteiger partial charge in [0.25, 0.3) is 11.8 Å². The molecule has 0 spiro atoms. The number of carboxylic acids is 1. The molecular weight excluding hydrogens is 312 g/mol. The Labute approximate surface area is 138 Å². The van der Waals surface area contributed by atoms with Crippen molar-refractivity contribution >= 4 is 23.7 Å². The zero-order valence-corrected chi connectivity index (χ0v) is 13.1. The van der Waals surface area contributed by atoms with Crippen molar-refractivity contribution in [2.75, 3.05) is 13.1 Å². The van der Waals surface area contributed by atoms with Crippen LogP contribution in [0.3, 0.4) is 0 Å². The Bertz CT molecular complexity index is 674. The van der Waals surface area contributed by atoms with Gasteiger partial charge in [-0.25, -0.2) is 4.79 Å². The monoisotopic (exact) mass is 330 g/mol. The summed E-state index contributed by atoms with van der Waals surface area (Å²) in [5, 5.41) is 9.46. The molecule has 2 aliphatic heterocycles. The molecule has 0 bridgehead atoms. The van der Waals surface area contributed by atoms with E-state index in [9.17, 15) is 24.3 Å². The van der Waals surface area contributed by atoms with E-state index in [1.807, 2.05) is 0 Å². The summed E-state index contributed by atoms with van der Waals surface area (Å²) in [4.78, 5) is 51.0. The predicted octanol–water partition coefficient (Wildman–Crippen LogP) is 1.14. The maximum atomic E-state index is 12.4. The number of carbonyl (C=O) groups excluding carboxylic acids is 3. The van der Waals surface area contributed by atoms with Gasteiger partial charge in [0, 0.05) is 19.5 Å². The second-order valence-corrected chi connectivity index (χ2v) is 6.01. The molecule has 24 heavy (non-hydrogen) atoms. The van der Waals surface area contributed by atoms with Gasteiger partial charge in [-0.2, -0.15) is 0 Å². The lowest BCUT2D eigenvalue weighted by Crippen LogP contribution is -2.45. The van der Waals surface area contributed by atoms with Crippen LogP contribution >= 0.6 is 0 Å². The molecule has 1 aromatic rings. The summed E-state index contributed by atoms with van der Waals surface area (Å²) in [5.74, 6) is -2.64. The Morgan fingerprint density at radius 2 is 1.58 bits per heavy atom. The van der Waals surface area contributed by atoms with Crippen LogP contribution < -0.4 is 0 Å². The summed E-state index contributed by atoms with van der Waals surface area (Å²) < 4.78 is 0. The van der Waals surface area contributed by atoms with Crippen molar-refractivity contribution in [3.05, 3.63) is 35.4 Å². The zero-order valence-electron chi connectivity index (χ0n) is 13.1. The number of fused-ring (bicyclic) bond motifs is 1. The highest BCUT2D eigenvalue weighted by molar-refractivity contribution is 6.22. The number of carboxylic acid groups (broad SMARTS) is 1. The van der Waals surface area contributed by atoms with Crippen LogP contribution in [0.5, 0.6) is 0 Å². The van der Waals surface area contributed by atoms with Gasteiger partial charge in [0.1, 0.15) is 6.04 Å².